The molecule has 0 aliphatic heterocycles. The Hall–Kier alpha value is -1.44. The van der Waals surface area contributed by atoms with Gasteiger partial charge in [-0.2, -0.15) is 0 Å². The zero-order valence-corrected chi connectivity index (χ0v) is 22.2. The van der Waals surface area contributed by atoms with Crippen LogP contribution in [0.1, 0.15) is 140 Å². The Morgan fingerprint density at radius 1 is 0.735 bits per heavy atom. The summed E-state index contributed by atoms with van der Waals surface area (Å²) < 4.78 is 0. The van der Waals surface area contributed by atoms with E-state index in [1.54, 1.807) is 0 Å². The molecule has 0 amide bonds. The van der Waals surface area contributed by atoms with Gasteiger partial charge in [-0.15, -0.1) is 0 Å². The van der Waals surface area contributed by atoms with Gasteiger partial charge in [0.2, 0.25) is 0 Å². The molecule has 190 valence electrons. The van der Waals surface area contributed by atoms with E-state index in [1.165, 1.54) is 89.0 Å². The molecule has 0 heterocycles. The second-order valence-corrected chi connectivity index (χ2v) is 11.5. The smallest absolute Gasteiger partial charge is 0.147 e. The normalized spacial score (nSPS) is 25.4. The van der Waals surface area contributed by atoms with Gasteiger partial charge in [-0.1, -0.05) is 102 Å². The van der Waals surface area contributed by atoms with Crippen molar-refractivity contribution >= 4 is 11.6 Å². The van der Waals surface area contributed by atoms with Crippen LogP contribution >= 0.6 is 0 Å². The van der Waals surface area contributed by atoms with E-state index in [0.29, 0.717) is 24.7 Å². The second-order valence-electron chi connectivity index (χ2n) is 11.5. The molecule has 0 aromatic heterocycles. The molecule has 2 nitrogen and oxygen atoms in total. The molecule has 34 heavy (non-hydrogen) atoms. The third-order valence-electron chi connectivity index (χ3n) is 8.74. The summed E-state index contributed by atoms with van der Waals surface area (Å²) in [6, 6.07) is 8.80. The Balaban J connectivity index is 1.39. The van der Waals surface area contributed by atoms with E-state index in [1.807, 2.05) is 0 Å². The van der Waals surface area contributed by atoms with Crippen molar-refractivity contribution in [3.05, 3.63) is 35.4 Å². The summed E-state index contributed by atoms with van der Waals surface area (Å²) in [6.07, 6.45) is 21.5. The van der Waals surface area contributed by atoms with Gasteiger partial charge in [0, 0.05) is 12.8 Å². The molecule has 2 aliphatic rings. The Morgan fingerprint density at radius 2 is 1.32 bits per heavy atom. The van der Waals surface area contributed by atoms with Crippen molar-refractivity contribution in [3.63, 3.8) is 0 Å². The van der Waals surface area contributed by atoms with Gasteiger partial charge in [0.15, 0.2) is 0 Å². The maximum atomic E-state index is 12.9. The lowest BCUT2D eigenvalue weighted by molar-refractivity contribution is -0.135. The fourth-order valence-corrected chi connectivity index (χ4v) is 6.42. The first-order valence-electron chi connectivity index (χ1n) is 14.7. The summed E-state index contributed by atoms with van der Waals surface area (Å²) in [5.74, 6) is 2.14. The van der Waals surface area contributed by atoms with Gasteiger partial charge >= 0.3 is 0 Å². The van der Waals surface area contributed by atoms with Crippen LogP contribution in [0, 0.1) is 17.8 Å². The minimum absolute atomic E-state index is 0.143. The minimum atomic E-state index is -0.348. The minimum Gasteiger partial charge on any atom is -0.299 e. The highest BCUT2D eigenvalue weighted by Gasteiger charge is 2.33. The van der Waals surface area contributed by atoms with E-state index in [0.717, 1.165) is 30.7 Å². The number of rotatable bonds is 14. The van der Waals surface area contributed by atoms with Crippen molar-refractivity contribution < 1.29 is 9.59 Å². The van der Waals surface area contributed by atoms with Gasteiger partial charge in [-0.3, -0.25) is 9.59 Å². The molecule has 2 heteroatoms. The summed E-state index contributed by atoms with van der Waals surface area (Å²) in [5.41, 5.74) is 2.52. The first kappa shape index (κ1) is 27.2. The number of benzene rings is 1. The van der Waals surface area contributed by atoms with Crippen molar-refractivity contribution in [1.82, 2.24) is 0 Å². The molecule has 2 fully saturated rings. The largest absolute Gasteiger partial charge is 0.299 e. The van der Waals surface area contributed by atoms with E-state index < -0.39 is 0 Å². The summed E-state index contributed by atoms with van der Waals surface area (Å²) in [5, 5.41) is 0. The fraction of sp³-hybridized carbons (Fsp3) is 0.750. The van der Waals surface area contributed by atoms with E-state index in [-0.39, 0.29) is 17.5 Å². The molecule has 2 atom stereocenters. The summed E-state index contributed by atoms with van der Waals surface area (Å²) in [7, 11) is 0. The molecule has 0 radical (unpaired) electrons. The lowest BCUT2D eigenvalue weighted by Crippen LogP contribution is -2.32. The van der Waals surface area contributed by atoms with Gasteiger partial charge < -0.3 is 0 Å². The second kappa shape index (κ2) is 14.8. The van der Waals surface area contributed by atoms with E-state index in [2.05, 4.69) is 38.1 Å². The van der Waals surface area contributed by atoms with Crippen LogP contribution in [-0.4, -0.2) is 11.6 Å². The quantitative estimate of drug-likeness (QED) is 0.202. The van der Waals surface area contributed by atoms with Crippen molar-refractivity contribution in [2.45, 2.75) is 135 Å². The molecule has 2 unspecified atom stereocenters. The maximum Gasteiger partial charge on any atom is 0.147 e. The first-order valence-corrected chi connectivity index (χ1v) is 14.7. The summed E-state index contributed by atoms with van der Waals surface area (Å²) in [4.78, 5) is 25.5. The predicted molar refractivity (Wildman–Crippen MR) is 143 cm³/mol. The summed E-state index contributed by atoms with van der Waals surface area (Å²) in [6.45, 7) is 4.50. The fourth-order valence-electron chi connectivity index (χ4n) is 6.42. The van der Waals surface area contributed by atoms with Crippen molar-refractivity contribution in [3.8, 4) is 0 Å². The Bertz CT molecular complexity index is 726. The molecule has 2 aliphatic carbocycles. The Labute approximate surface area is 209 Å². The lowest BCUT2D eigenvalue weighted by atomic mass is 9.76. The topological polar surface area (TPSA) is 34.1 Å². The number of hydrogen-bond donors (Lipinski definition) is 0. The van der Waals surface area contributed by atoms with Gasteiger partial charge in [0.25, 0.3) is 0 Å². The zero-order valence-electron chi connectivity index (χ0n) is 22.2. The molecule has 0 bridgehead atoms. The van der Waals surface area contributed by atoms with E-state index in [4.69, 9.17) is 0 Å². The molecule has 2 saturated carbocycles. The van der Waals surface area contributed by atoms with Crippen LogP contribution in [0.4, 0.5) is 0 Å². The molecular weight excluding hydrogens is 416 g/mol. The average molecular weight is 467 g/mol. The molecule has 3 rings (SSSR count). The standard InChI is InChI=1S/C32H50O2/c1-3-5-7-8-10-11-25-13-18-28(19-14-25)29-20-15-27(16-21-29)24-32(34)30-22-17-26(23-31(30)33)12-9-6-4-2/h15-16,20-21,25-26,28,30H,3-14,17-19,22-24H2,1-2H3. The molecule has 0 spiro atoms. The number of carbonyl (C=O) groups excluding carboxylic acids is 2. The lowest BCUT2D eigenvalue weighted by Gasteiger charge is -2.29. The average Bonchev–Trinajstić information content (AvgIpc) is 2.85. The van der Waals surface area contributed by atoms with Crippen LogP contribution in [0.2, 0.25) is 0 Å². The molecule has 1 aromatic carbocycles. The highest BCUT2D eigenvalue weighted by molar-refractivity contribution is 6.03. The Kier molecular flexibility index (Phi) is 11.9. The van der Waals surface area contributed by atoms with E-state index >= 15 is 0 Å². The van der Waals surface area contributed by atoms with Crippen molar-refractivity contribution in [1.29, 1.82) is 0 Å². The third kappa shape index (κ3) is 8.65. The van der Waals surface area contributed by atoms with Gasteiger partial charge in [-0.05, 0) is 67.4 Å². The highest BCUT2D eigenvalue weighted by atomic mass is 16.1. The number of hydrogen-bond acceptors (Lipinski definition) is 2. The van der Waals surface area contributed by atoms with Crippen LogP contribution in [-0.2, 0) is 16.0 Å². The number of Topliss-reactive ketones (excluding diaryl/α,β-unsaturated/α-hetero) is 2. The maximum absolute atomic E-state index is 12.9. The van der Waals surface area contributed by atoms with Gasteiger partial charge in [0.1, 0.15) is 11.6 Å². The zero-order chi connectivity index (χ0) is 24.2. The molecule has 0 saturated heterocycles. The highest BCUT2D eigenvalue weighted by Crippen LogP contribution is 2.38. The monoisotopic (exact) mass is 466 g/mol. The molecular formula is C32H50O2. The SMILES string of the molecule is CCCCCCCC1CCC(c2ccc(CC(=O)C3CCC(CCCCC)CC3=O)cc2)CC1. The van der Waals surface area contributed by atoms with Crippen LogP contribution in [0.25, 0.3) is 0 Å². The van der Waals surface area contributed by atoms with Gasteiger partial charge in [-0.25, -0.2) is 0 Å². The third-order valence-corrected chi connectivity index (χ3v) is 8.74. The summed E-state index contributed by atoms with van der Waals surface area (Å²) >= 11 is 0. The predicted octanol–water partition coefficient (Wildman–Crippen LogP) is 9.00. The number of ketones is 2. The van der Waals surface area contributed by atoms with Crippen molar-refractivity contribution in [2.75, 3.05) is 0 Å². The van der Waals surface area contributed by atoms with Crippen LogP contribution < -0.4 is 0 Å². The number of carbonyl (C=O) groups is 2. The van der Waals surface area contributed by atoms with Crippen LogP contribution in [0.5, 0.6) is 0 Å². The van der Waals surface area contributed by atoms with Gasteiger partial charge in [0.05, 0.1) is 5.92 Å². The molecule has 0 N–H and O–H groups in total. The van der Waals surface area contributed by atoms with Crippen LogP contribution in [0.15, 0.2) is 24.3 Å². The van der Waals surface area contributed by atoms with Crippen LogP contribution in [0.3, 0.4) is 0 Å². The number of unbranched alkanes of at least 4 members (excludes halogenated alkanes) is 6. The first-order chi connectivity index (χ1) is 16.6. The Morgan fingerprint density at radius 3 is 2.00 bits per heavy atom. The van der Waals surface area contributed by atoms with Crippen molar-refractivity contribution in [2.24, 2.45) is 17.8 Å². The van der Waals surface area contributed by atoms with E-state index in [9.17, 15) is 9.59 Å². The molecule has 1 aromatic rings.